The average Bonchev–Trinajstić information content (AvgIpc) is 2.46. The lowest BCUT2D eigenvalue weighted by Crippen LogP contribution is -2.12. The second-order valence-electron chi connectivity index (χ2n) is 4.57. The molecule has 0 saturated carbocycles. The normalized spacial score (nSPS) is 12.2. The fourth-order valence-corrected chi connectivity index (χ4v) is 2.22. The lowest BCUT2D eigenvalue weighted by atomic mass is 10.1. The van der Waals surface area contributed by atoms with Crippen molar-refractivity contribution in [1.82, 2.24) is 5.32 Å². The summed E-state index contributed by atoms with van der Waals surface area (Å²) in [5, 5.41) is 3.77. The molecule has 2 aromatic carbocycles. The molecule has 0 saturated heterocycles. The Balaban J connectivity index is 2.08. The zero-order valence-corrected chi connectivity index (χ0v) is 12.2. The van der Waals surface area contributed by atoms with Crippen molar-refractivity contribution in [3.63, 3.8) is 0 Å². The molecule has 2 aromatic rings. The number of hydrogen-bond acceptors (Lipinski definition) is 2. The maximum absolute atomic E-state index is 13.5. The first-order valence-electron chi connectivity index (χ1n) is 6.44. The first kappa shape index (κ1) is 14.8. The highest BCUT2D eigenvalue weighted by Crippen LogP contribution is 2.27. The van der Waals surface area contributed by atoms with Crippen LogP contribution in [-0.4, -0.2) is 7.05 Å². The van der Waals surface area contributed by atoms with Gasteiger partial charge in [-0.15, -0.1) is 0 Å². The van der Waals surface area contributed by atoms with E-state index in [0.29, 0.717) is 16.3 Å². The van der Waals surface area contributed by atoms with E-state index in [2.05, 4.69) is 5.32 Å². The minimum atomic E-state index is -0.265. The standard InChI is InChI=1S/C16H17ClFNO/c1-11(19-2)14-8-7-13(9-15(14)17)20-10-12-5-3-4-6-16(12)18/h3-9,11,19H,10H2,1-2H3. The molecule has 2 nitrogen and oxygen atoms in total. The molecule has 106 valence electrons. The van der Waals surface area contributed by atoms with E-state index in [9.17, 15) is 4.39 Å². The highest BCUT2D eigenvalue weighted by molar-refractivity contribution is 6.31. The minimum Gasteiger partial charge on any atom is -0.489 e. The van der Waals surface area contributed by atoms with Crippen molar-refractivity contribution >= 4 is 11.6 Å². The third kappa shape index (κ3) is 3.50. The van der Waals surface area contributed by atoms with Gasteiger partial charge in [0.05, 0.1) is 0 Å². The second-order valence-corrected chi connectivity index (χ2v) is 4.98. The van der Waals surface area contributed by atoms with Crippen molar-refractivity contribution in [2.24, 2.45) is 0 Å². The van der Waals surface area contributed by atoms with Crippen LogP contribution < -0.4 is 10.1 Å². The third-order valence-electron chi connectivity index (χ3n) is 3.22. The number of ether oxygens (including phenoxy) is 1. The minimum absolute atomic E-state index is 0.170. The van der Waals surface area contributed by atoms with E-state index < -0.39 is 0 Å². The van der Waals surface area contributed by atoms with E-state index in [1.54, 1.807) is 24.3 Å². The fraction of sp³-hybridized carbons (Fsp3) is 0.250. The van der Waals surface area contributed by atoms with Gasteiger partial charge in [-0.3, -0.25) is 0 Å². The third-order valence-corrected chi connectivity index (χ3v) is 3.55. The molecule has 0 fully saturated rings. The molecule has 0 aliphatic carbocycles. The van der Waals surface area contributed by atoms with E-state index in [-0.39, 0.29) is 18.5 Å². The maximum atomic E-state index is 13.5. The van der Waals surface area contributed by atoms with Gasteiger partial charge in [0.15, 0.2) is 0 Å². The van der Waals surface area contributed by atoms with Crippen molar-refractivity contribution in [3.05, 3.63) is 64.4 Å². The van der Waals surface area contributed by atoms with E-state index >= 15 is 0 Å². The van der Waals surface area contributed by atoms with Crippen molar-refractivity contribution in [3.8, 4) is 5.75 Å². The van der Waals surface area contributed by atoms with Crippen molar-refractivity contribution in [1.29, 1.82) is 0 Å². The van der Waals surface area contributed by atoms with Crippen molar-refractivity contribution < 1.29 is 9.13 Å². The van der Waals surface area contributed by atoms with Crippen LogP contribution >= 0.6 is 11.6 Å². The Hall–Kier alpha value is -1.58. The first-order chi connectivity index (χ1) is 9.61. The molecule has 0 amide bonds. The van der Waals surface area contributed by atoms with E-state index in [1.807, 2.05) is 26.1 Å². The summed E-state index contributed by atoms with van der Waals surface area (Å²) in [6.45, 7) is 2.21. The number of rotatable bonds is 5. The molecule has 4 heteroatoms. The molecule has 1 N–H and O–H groups in total. The van der Waals surface area contributed by atoms with Gasteiger partial charge in [0, 0.05) is 16.6 Å². The quantitative estimate of drug-likeness (QED) is 0.885. The lowest BCUT2D eigenvalue weighted by molar-refractivity contribution is 0.299. The molecule has 0 aliphatic heterocycles. The molecule has 2 rings (SSSR count). The van der Waals surface area contributed by atoms with Crippen molar-refractivity contribution in [2.75, 3.05) is 7.05 Å². The van der Waals surface area contributed by atoms with Gasteiger partial charge in [-0.1, -0.05) is 35.9 Å². The lowest BCUT2D eigenvalue weighted by Gasteiger charge is -2.14. The Morgan fingerprint density at radius 1 is 1.25 bits per heavy atom. The SMILES string of the molecule is CNC(C)c1ccc(OCc2ccccc2F)cc1Cl. The molecule has 0 radical (unpaired) electrons. The Morgan fingerprint density at radius 3 is 2.65 bits per heavy atom. The van der Waals surface area contributed by atoms with Gasteiger partial charge < -0.3 is 10.1 Å². The monoisotopic (exact) mass is 293 g/mol. The molecule has 0 heterocycles. The van der Waals surface area contributed by atoms with Crippen LogP contribution in [-0.2, 0) is 6.61 Å². The molecule has 0 aromatic heterocycles. The summed E-state index contributed by atoms with van der Waals surface area (Å²) in [5.41, 5.74) is 1.53. The van der Waals surface area contributed by atoms with E-state index in [4.69, 9.17) is 16.3 Å². The van der Waals surface area contributed by atoms with Gasteiger partial charge in [-0.25, -0.2) is 4.39 Å². The zero-order valence-electron chi connectivity index (χ0n) is 11.5. The maximum Gasteiger partial charge on any atom is 0.129 e. The van der Waals surface area contributed by atoms with Crippen LogP contribution in [0.25, 0.3) is 0 Å². The molecular weight excluding hydrogens is 277 g/mol. The summed E-state index contributed by atoms with van der Waals surface area (Å²) >= 11 is 6.22. The summed E-state index contributed by atoms with van der Waals surface area (Å²) < 4.78 is 19.1. The van der Waals surface area contributed by atoms with Gasteiger partial charge in [0.25, 0.3) is 0 Å². The molecule has 0 spiro atoms. The van der Waals surface area contributed by atoms with Crippen LogP contribution in [0.1, 0.15) is 24.1 Å². The highest BCUT2D eigenvalue weighted by Gasteiger charge is 2.09. The highest BCUT2D eigenvalue weighted by atomic mass is 35.5. The summed E-state index contributed by atoms with van der Waals surface area (Å²) in [4.78, 5) is 0. The summed E-state index contributed by atoms with van der Waals surface area (Å²) in [6.07, 6.45) is 0. The van der Waals surface area contributed by atoms with Crippen molar-refractivity contribution in [2.45, 2.75) is 19.6 Å². The average molecular weight is 294 g/mol. The van der Waals surface area contributed by atoms with Gasteiger partial charge in [-0.05, 0) is 37.7 Å². The predicted molar refractivity (Wildman–Crippen MR) is 79.7 cm³/mol. The van der Waals surface area contributed by atoms with Gasteiger partial charge >= 0.3 is 0 Å². The summed E-state index contributed by atoms with van der Waals surface area (Å²) in [6, 6.07) is 12.2. The zero-order chi connectivity index (χ0) is 14.5. The van der Waals surface area contributed by atoms with Crippen LogP contribution in [0.15, 0.2) is 42.5 Å². The number of nitrogens with one attached hydrogen (secondary N) is 1. The van der Waals surface area contributed by atoms with E-state index in [1.165, 1.54) is 6.07 Å². The van der Waals surface area contributed by atoms with Crippen LogP contribution in [0.5, 0.6) is 5.75 Å². The van der Waals surface area contributed by atoms with Gasteiger partial charge in [0.2, 0.25) is 0 Å². The fourth-order valence-electron chi connectivity index (χ4n) is 1.88. The van der Waals surface area contributed by atoms with Crippen LogP contribution in [0.4, 0.5) is 4.39 Å². The molecule has 1 atom stereocenters. The Bertz CT molecular complexity index is 588. The topological polar surface area (TPSA) is 21.3 Å². The van der Waals surface area contributed by atoms with Gasteiger partial charge in [0.1, 0.15) is 18.2 Å². The molecule has 0 bridgehead atoms. The van der Waals surface area contributed by atoms with E-state index in [0.717, 1.165) is 5.56 Å². The Kier molecular flexibility index (Phi) is 4.99. The molecule has 0 aliphatic rings. The molecule has 20 heavy (non-hydrogen) atoms. The largest absolute Gasteiger partial charge is 0.489 e. The van der Waals surface area contributed by atoms with Crippen LogP contribution in [0.2, 0.25) is 5.02 Å². The smallest absolute Gasteiger partial charge is 0.129 e. The summed E-state index contributed by atoms with van der Waals surface area (Å²) in [5.74, 6) is 0.365. The Morgan fingerprint density at radius 2 is 2.00 bits per heavy atom. The second kappa shape index (κ2) is 6.73. The molecular formula is C16H17ClFNO. The summed E-state index contributed by atoms with van der Waals surface area (Å²) in [7, 11) is 1.88. The number of hydrogen-bond donors (Lipinski definition) is 1. The predicted octanol–water partition coefficient (Wildman–Crippen LogP) is 4.34. The number of halogens is 2. The Labute approximate surface area is 123 Å². The van der Waals surface area contributed by atoms with Crippen LogP contribution in [0, 0.1) is 5.82 Å². The molecule has 1 unspecified atom stereocenters. The van der Waals surface area contributed by atoms with Crippen LogP contribution in [0.3, 0.4) is 0 Å². The number of benzene rings is 2. The van der Waals surface area contributed by atoms with Gasteiger partial charge in [-0.2, -0.15) is 0 Å². The first-order valence-corrected chi connectivity index (χ1v) is 6.82.